The lowest BCUT2D eigenvalue weighted by atomic mass is 9.92. The molecule has 5 aromatic rings. The van der Waals surface area contributed by atoms with E-state index >= 15 is 0 Å². The molecule has 9 nitrogen and oxygen atoms in total. The van der Waals surface area contributed by atoms with Crippen LogP contribution in [0.1, 0.15) is 43.7 Å². The van der Waals surface area contributed by atoms with Gasteiger partial charge in [0.1, 0.15) is 5.52 Å². The summed E-state index contributed by atoms with van der Waals surface area (Å²) in [5.41, 5.74) is 6.36. The van der Waals surface area contributed by atoms with E-state index in [1.165, 1.54) is 7.11 Å². The summed E-state index contributed by atoms with van der Waals surface area (Å²) in [7, 11) is 3.22. The zero-order valence-electron chi connectivity index (χ0n) is 23.3. The van der Waals surface area contributed by atoms with Crippen LogP contribution < -0.4 is 0 Å². The molecule has 0 spiro atoms. The predicted octanol–water partition coefficient (Wildman–Crippen LogP) is 5.93. The maximum absolute atomic E-state index is 13.1. The number of aryl methyl sites for hydroxylation is 2. The van der Waals surface area contributed by atoms with Crippen molar-refractivity contribution in [3.63, 3.8) is 0 Å². The van der Waals surface area contributed by atoms with Crippen LogP contribution in [0.3, 0.4) is 0 Å². The molecule has 0 unspecified atom stereocenters. The molecule has 0 aliphatic carbocycles. The van der Waals surface area contributed by atoms with E-state index in [1.807, 2.05) is 89.5 Å². The van der Waals surface area contributed by atoms with Gasteiger partial charge in [0.15, 0.2) is 11.8 Å². The van der Waals surface area contributed by atoms with Crippen LogP contribution in [-0.2, 0) is 27.9 Å². The molecule has 0 aliphatic rings. The van der Waals surface area contributed by atoms with Crippen molar-refractivity contribution in [3.05, 3.63) is 82.8 Å². The van der Waals surface area contributed by atoms with E-state index in [0.29, 0.717) is 34.0 Å². The van der Waals surface area contributed by atoms with E-state index in [2.05, 4.69) is 15.4 Å². The van der Waals surface area contributed by atoms with E-state index in [1.54, 1.807) is 15.6 Å². The molecule has 0 radical (unpaired) electrons. The largest absolute Gasteiger partial charge is 0.467 e. The molecule has 0 amide bonds. The van der Waals surface area contributed by atoms with Gasteiger partial charge in [-0.3, -0.25) is 4.68 Å². The van der Waals surface area contributed by atoms with Crippen LogP contribution in [-0.4, -0.2) is 48.4 Å². The van der Waals surface area contributed by atoms with Gasteiger partial charge in [-0.15, -0.1) is 5.10 Å². The Bertz CT molecular complexity index is 1670. The van der Waals surface area contributed by atoms with Gasteiger partial charge in [-0.2, -0.15) is 5.10 Å². The summed E-state index contributed by atoms with van der Waals surface area (Å²) >= 11 is 6.08. The summed E-state index contributed by atoms with van der Waals surface area (Å²) in [6, 6.07) is 15.8. The Labute approximate surface area is 237 Å². The molecule has 3 aromatic heterocycles. The predicted molar refractivity (Wildman–Crippen MR) is 154 cm³/mol. The number of aromatic nitrogens is 6. The fraction of sp³-hybridized carbons (Fsp3) is 0.300. The second kappa shape index (κ2) is 10.8. The van der Waals surface area contributed by atoms with Gasteiger partial charge in [0.2, 0.25) is 0 Å². The minimum absolute atomic E-state index is 0.448. The standard InChI is InChI=1S/C30H31ClN6O3/c1-18-24(27(29(38)39-6)40-30(2,3)4)25(22-9-7-20(8-10-22)21-11-13-23(31)14-12-21)26-28(33-18)37(35-34-26)17-19-15-32-36(5)16-19/h7-16,27H,17H2,1-6H3/t27-/m0/s1. The first-order chi connectivity index (χ1) is 19.0. The Morgan fingerprint density at radius 1 is 1.02 bits per heavy atom. The van der Waals surface area contributed by atoms with Crippen molar-refractivity contribution in [2.75, 3.05) is 7.11 Å². The van der Waals surface area contributed by atoms with Crippen LogP contribution in [0, 0.1) is 6.92 Å². The first kappa shape index (κ1) is 27.5. The molecular formula is C30H31ClN6O3. The molecule has 0 saturated heterocycles. The maximum Gasteiger partial charge on any atom is 0.339 e. The molecule has 40 heavy (non-hydrogen) atoms. The SMILES string of the molecule is COC(=O)[C@@H](OC(C)(C)C)c1c(C)nc2c(nnn2Cc2cnn(C)c2)c1-c1ccc(-c2ccc(Cl)cc2)cc1. The van der Waals surface area contributed by atoms with Crippen molar-refractivity contribution in [2.24, 2.45) is 7.05 Å². The number of esters is 1. The quantitative estimate of drug-likeness (QED) is 0.228. The van der Waals surface area contributed by atoms with Gasteiger partial charge in [0, 0.05) is 40.7 Å². The first-order valence-electron chi connectivity index (χ1n) is 12.9. The smallest absolute Gasteiger partial charge is 0.339 e. The summed E-state index contributed by atoms with van der Waals surface area (Å²) in [6.45, 7) is 8.01. The molecule has 0 aliphatic heterocycles. The number of hydrogen-bond donors (Lipinski definition) is 0. The molecule has 2 aromatic carbocycles. The first-order valence-corrected chi connectivity index (χ1v) is 13.2. The van der Waals surface area contributed by atoms with Crippen LogP contribution in [0.15, 0.2) is 60.9 Å². The van der Waals surface area contributed by atoms with Crippen LogP contribution in [0.2, 0.25) is 5.02 Å². The summed E-state index contributed by atoms with van der Waals surface area (Å²) in [5.74, 6) is -0.513. The van der Waals surface area contributed by atoms with Gasteiger partial charge in [0.05, 0.1) is 25.5 Å². The van der Waals surface area contributed by atoms with Crippen LogP contribution in [0.4, 0.5) is 0 Å². The zero-order chi connectivity index (χ0) is 28.6. The molecule has 1 atom stereocenters. The van der Waals surface area contributed by atoms with E-state index < -0.39 is 17.7 Å². The third kappa shape index (κ3) is 5.61. The van der Waals surface area contributed by atoms with Gasteiger partial charge in [-0.05, 0) is 56.5 Å². The highest BCUT2D eigenvalue weighted by Crippen LogP contribution is 2.39. The van der Waals surface area contributed by atoms with E-state index in [9.17, 15) is 4.79 Å². The number of nitrogens with zero attached hydrogens (tertiary/aromatic N) is 6. The molecule has 0 saturated carbocycles. The topological polar surface area (TPSA) is 96.9 Å². The molecule has 206 valence electrons. The van der Waals surface area contributed by atoms with E-state index in [4.69, 9.17) is 26.1 Å². The molecule has 10 heteroatoms. The average molecular weight is 559 g/mol. The minimum Gasteiger partial charge on any atom is -0.467 e. The van der Waals surface area contributed by atoms with Gasteiger partial charge in [-0.1, -0.05) is 53.2 Å². The number of pyridine rings is 1. The lowest BCUT2D eigenvalue weighted by Gasteiger charge is -2.28. The van der Waals surface area contributed by atoms with Crippen LogP contribution in [0.25, 0.3) is 33.4 Å². The Balaban J connectivity index is 1.70. The summed E-state index contributed by atoms with van der Waals surface area (Å²) in [5, 5.41) is 13.9. The lowest BCUT2D eigenvalue weighted by molar-refractivity contribution is -0.164. The van der Waals surface area contributed by atoms with Crippen molar-refractivity contribution in [3.8, 4) is 22.3 Å². The highest BCUT2D eigenvalue weighted by Gasteiger charge is 2.34. The number of rotatable bonds is 7. The highest BCUT2D eigenvalue weighted by atomic mass is 35.5. The fourth-order valence-electron chi connectivity index (χ4n) is 4.71. The van der Waals surface area contributed by atoms with Gasteiger partial charge >= 0.3 is 5.97 Å². The number of fused-ring (bicyclic) bond motifs is 1. The Hall–Kier alpha value is -4.08. The highest BCUT2D eigenvalue weighted by molar-refractivity contribution is 6.30. The van der Waals surface area contributed by atoms with Gasteiger partial charge in [-0.25, -0.2) is 14.5 Å². The van der Waals surface area contributed by atoms with Gasteiger partial charge in [0.25, 0.3) is 0 Å². The number of benzene rings is 2. The van der Waals surface area contributed by atoms with Crippen molar-refractivity contribution in [1.29, 1.82) is 0 Å². The Morgan fingerprint density at radius 3 is 2.23 bits per heavy atom. The van der Waals surface area contributed by atoms with E-state index in [0.717, 1.165) is 27.8 Å². The minimum atomic E-state index is -1.02. The second-order valence-corrected chi connectivity index (χ2v) is 11.1. The third-order valence-electron chi connectivity index (χ3n) is 6.47. The number of ether oxygens (including phenoxy) is 2. The van der Waals surface area contributed by atoms with E-state index in [-0.39, 0.29) is 0 Å². The molecule has 0 N–H and O–H groups in total. The molecular weight excluding hydrogens is 528 g/mol. The maximum atomic E-state index is 13.1. The Kier molecular flexibility index (Phi) is 7.44. The number of carbonyl (C=O) groups is 1. The molecule has 0 fully saturated rings. The summed E-state index contributed by atoms with van der Waals surface area (Å²) in [6.07, 6.45) is 2.70. The van der Waals surface area contributed by atoms with Gasteiger partial charge < -0.3 is 9.47 Å². The van der Waals surface area contributed by atoms with Crippen molar-refractivity contribution in [2.45, 2.75) is 45.9 Å². The average Bonchev–Trinajstić information content (AvgIpc) is 3.51. The van der Waals surface area contributed by atoms with Crippen LogP contribution in [0.5, 0.6) is 0 Å². The second-order valence-electron chi connectivity index (χ2n) is 10.6. The normalized spacial score (nSPS) is 12.6. The third-order valence-corrected chi connectivity index (χ3v) is 6.72. The fourth-order valence-corrected chi connectivity index (χ4v) is 4.84. The summed E-state index contributed by atoms with van der Waals surface area (Å²) < 4.78 is 15.0. The van der Waals surface area contributed by atoms with Crippen molar-refractivity contribution < 1.29 is 14.3 Å². The molecule has 3 heterocycles. The molecule has 0 bridgehead atoms. The molecule has 5 rings (SSSR count). The number of carbonyl (C=O) groups excluding carboxylic acids is 1. The number of hydrogen-bond acceptors (Lipinski definition) is 7. The lowest BCUT2D eigenvalue weighted by Crippen LogP contribution is -2.29. The monoisotopic (exact) mass is 558 g/mol. The van der Waals surface area contributed by atoms with Crippen molar-refractivity contribution >= 4 is 28.7 Å². The zero-order valence-corrected chi connectivity index (χ0v) is 24.1. The van der Waals surface area contributed by atoms with Crippen LogP contribution >= 0.6 is 11.6 Å². The Morgan fingerprint density at radius 2 is 1.65 bits per heavy atom. The number of halogens is 1. The van der Waals surface area contributed by atoms with Crippen molar-refractivity contribution in [1.82, 2.24) is 29.8 Å². The number of methoxy groups -OCH3 is 1. The summed E-state index contributed by atoms with van der Waals surface area (Å²) in [4.78, 5) is 18.0.